The zero-order chi connectivity index (χ0) is 22.4. The summed E-state index contributed by atoms with van der Waals surface area (Å²) in [6.45, 7) is 5.48. The van der Waals surface area contributed by atoms with Crippen LogP contribution in [0.5, 0.6) is 5.75 Å². The van der Waals surface area contributed by atoms with Crippen molar-refractivity contribution in [1.29, 1.82) is 0 Å². The van der Waals surface area contributed by atoms with Gasteiger partial charge in [-0.05, 0) is 79.3 Å². The first kappa shape index (κ1) is 23.1. The van der Waals surface area contributed by atoms with Gasteiger partial charge in [0.05, 0.1) is 11.7 Å². The highest BCUT2D eigenvalue weighted by Gasteiger charge is 2.33. The molecule has 0 spiro atoms. The molecule has 1 aliphatic carbocycles. The molecule has 166 valence electrons. The fourth-order valence-electron chi connectivity index (χ4n) is 4.04. The Hall–Kier alpha value is -2.60. The van der Waals surface area contributed by atoms with Crippen molar-refractivity contribution < 1.29 is 27.4 Å². The van der Waals surface area contributed by atoms with Gasteiger partial charge in [0, 0.05) is 0 Å². The van der Waals surface area contributed by atoms with Crippen LogP contribution in [0.3, 0.4) is 0 Å². The Morgan fingerprint density at radius 2 is 1.68 bits per heavy atom. The normalized spacial score (nSPS) is 20.1. The minimum absolute atomic E-state index is 0.158. The maximum atomic E-state index is 12.5. The summed E-state index contributed by atoms with van der Waals surface area (Å²) < 4.78 is 47.1. The summed E-state index contributed by atoms with van der Waals surface area (Å²) in [5.41, 5.74) is 1.85. The first-order valence-electron chi connectivity index (χ1n) is 10.6. The summed E-state index contributed by atoms with van der Waals surface area (Å²) in [7, 11) is 0. The van der Waals surface area contributed by atoms with E-state index >= 15 is 0 Å². The van der Waals surface area contributed by atoms with Gasteiger partial charge in [-0.3, -0.25) is 4.74 Å². The van der Waals surface area contributed by atoms with E-state index in [-0.39, 0.29) is 12.0 Å². The maximum absolute atomic E-state index is 12.5. The molecule has 2 aromatic carbocycles. The number of rotatable bonds is 7. The minimum atomic E-state index is -4.71. The molecule has 0 amide bonds. The molecule has 1 saturated carbocycles. The van der Waals surface area contributed by atoms with E-state index in [1.165, 1.54) is 29.8 Å². The second-order valence-corrected chi connectivity index (χ2v) is 7.89. The number of hydrogen-bond donors (Lipinski definition) is 0. The van der Waals surface area contributed by atoms with Gasteiger partial charge in [0.15, 0.2) is 0 Å². The van der Waals surface area contributed by atoms with Crippen LogP contribution < -0.4 is 4.74 Å². The van der Waals surface area contributed by atoms with Crippen molar-refractivity contribution >= 4 is 5.97 Å². The molecular formula is C25H27F3O3. The molecule has 0 N–H and O–H groups in total. The number of esters is 1. The lowest BCUT2D eigenvalue weighted by Gasteiger charge is -2.26. The number of alkyl halides is 3. The Kier molecular flexibility index (Phi) is 7.55. The van der Waals surface area contributed by atoms with Crippen LogP contribution in [-0.2, 0) is 4.74 Å². The smallest absolute Gasteiger partial charge is 0.423 e. The first-order chi connectivity index (χ1) is 14.8. The highest BCUT2D eigenvalue weighted by atomic mass is 19.4. The molecule has 1 aliphatic rings. The van der Waals surface area contributed by atoms with Gasteiger partial charge < -0.3 is 4.74 Å². The van der Waals surface area contributed by atoms with Gasteiger partial charge in [0.25, 0.3) is 0 Å². The molecule has 31 heavy (non-hydrogen) atoms. The zero-order valence-corrected chi connectivity index (χ0v) is 17.5. The Bertz CT molecular complexity index is 864. The Balaban J connectivity index is 1.59. The molecular weight excluding hydrogens is 405 g/mol. The van der Waals surface area contributed by atoms with E-state index in [0.29, 0.717) is 23.1 Å². The monoisotopic (exact) mass is 432 g/mol. The molecule has 1 atom stereocenters. The lowest BCUT2D eigenvalue weighted by molar-refractivity contribution is -0.345. The molecule has 0 saturated heterocycles. The van der Waals surface area contributed by atoms with Crippen molar-refractivity contribution in [3.8, 4) is 5.75 Å². The van der Waals surface area contributed by atoms with Crippen LogP contribution in [0, 0.1) is 5.92 Å². The van der Waals surface area contributed by atoms with E-state index in [1.807, 2.05) is 18.2 Å². The van der Waals surface area contributed by atoms with Gasteiger partial charge in [-0.1, -0.05) is 37.3 Å². The van der Waals surface area contributed by atoms with Crippen LogP contribution in [0.1, 0.15) is 72.5 Å². The summed E-state index contributed by atoms with van der Waals surface area (Å²) in [4.78, 5) is 12.4. The number of ether oxygens (including phenoxy) is 2. The number of carbonyl (C=O) groups is 1. The van der Waals surface area contributed by atoms with Crippen LogP contribution in [-0.4, -0.2) is 12.3 Å². The molecule has 1 fully saturated rings. The van der Waals surface area contributed by atoms with E-state index in [9.17, 15) is 18.0 Å². The van der Waals surface area contributed by atoms with Crippen molar-refractivity contribution in [1.82, 2.24) is 0 Å². The number of carbonyl (C=O) groups excluding carboxylic acids is 1. The fraction of sp³-hybridized carbons (Fsp3) is 0.400. The fourth-order valence-corrected chi connectivity index (χ4v) is 4.04. The van der Waals surface area contributed by atoms with Crippen molar-refractivity contribution in [2.24, 2.45) is 5.92 Å². The second-order valence-electron chi connectivity index (χ2n) is 7.89. The van der Waals surface area contributed by atoms with Crippen molar-refractivity contribution in [2.45, 2.75) is 57.4 Å². The third-order valence-corrected chi connectivity index (χ3v) is 5.83. The summed E-state index contributed by atoms with van der Waals surface area (Å²) in [6, 6.07) is 13.4. The number of halogens is 3. The third kappa shape index (κ3) is 6.44. The molecule has 0 aliphatic heterocycles. The van der Waals surface area contributed by atoms with Crippen LogP contribution in [0.15, 0.2) is 61.2 Å². The molecule has 3 nitrogen and oxygen atoms in total. The molecule has 0 radical (unpaired) electrons. The summed E-state index contributed by atoms with van der Waals surface area (Å²) in [5.74, 6) is 0.995. The molecule has 0 aromatic heterocycles. The second kappa shape index (κ2) is 10.1. The van der Waals surface area contributed by atoms with E-state index in [1.54, 1.807) is 19.1 Å². The van der Waals surface area contributed by atoms with Crippen molar-refractivity contribution in [3.63, 3.8) is 0 Å². The van der Waals surface area contributed by atoms with Crippen LogP contribution in [0.2, 0.25) is 0 Å². The predicted molar refractivity (Wildman–Crippen MR) is 113 cm³/mol. The topological polar surface area (TPSA) is 35.5 Å². The number of hydrogen-bond acceptors (Lipinski definition) is 3. The Morgan fingerprint density at radius 1 is 1.06 bits per heavy atom. The number of benzene rings is 2. The first-order valence-corrected chi connectivity index (χ1v) is 10.6. The maximum Gasteiger partial charge on any atom is 0.523 e. The molecule has 2 aromatic rings. The van der Waals surface area contributed by atoms with Crippen molar-refractivity contribution in [3.05, 3.63) is 77.9 Å². The lowest BCUT2D eigenvalue weighted by atomic mass is 9.79. The van der Waals surface area contributed by atoms with E-state index in [0.717, 1.165) is 25.7 Å². The quantitative estimate of drug-likeness (QED) is 0.261. The highest BCUT2D eigenvalue weighted by molar-refractivity contribution is 5.91. The Morgan fingerprint density at radius 3 is 2.19 bits per heavy atom. The standard InChI is InChI=1S/C25H27F3O3/c1-3-17-5-7-18(8-6-17)19-13-15-22(16-14-19)30-24(29)21-11-9-20(10-12-21)23(4-2)31-25(26,27)28/h3,9-18,23H,1,4-8H2,2H3. The van der Waals surface area contributed by atoms with Gasteiger partial charge in [0.1, 0.15) is 5.75 Å². The van der Waals surface area contributed by atoms with E-state index in [4.69, 9.17) is 4.74 Å². The summed E-state index contributed by atoms with van der Waals surface area (Å²) in [6.07, 6.45) is 0.913. The van der Waals surface area contributed by atoms with Crippen molar-refractivity contribution in [2.75, 3.05) is 0 Å². The minimum Gasteiger partial charge on any atom is -0.423 e. The molecule has 0 heterocycles. The molecule has 1 unspecified atom stereocenters. The highest BCUT2D eigenvalue weighted by Crippen LogP contribution is 2.36. The van der Waals surface area contributed by atoms with Gasteiger partial charge in [-0.2, -0.15) is 0 Å². The largest absolute Gasteiger partial charge is 0.523 e. The number of allylic oxidation sites excluding steroid dienone is 1. The van der Waals surface area contributed by atoms with E-state index < -0.39 is 18.4 Å². The van der Waals surface area contributed by atoms with Crippen LogP contribution in [0.4, 0.5) is 13.2 Å². The zero-order valence-electron chi connectivity index (χ0n) is 17.5. The van der Waals surface area contributed by atoms with Crippen LogP contribution >= 0.6 is 0 Å². The average molecular weight is 432 g/mol. The summed E-state index contributed by atoms with van der Waals surface area (Å²) >= 11 is 0. The van der Waals surface area contributed by atoms with Gasteiger partial charge in [0.2, 0.25) is 0 Å². The van der Waals surface area contributed by atoms with Gasteiger partial charge >= 0.3 is 12.3 Å². The molecule has 3 rings (SSSR count). The van der Waals surface area contributed by atoms with E-state index in [2.05, 4.69) is 11.3 Å². The predicted octanol–water partition coefficient (Wildman–Crippen LogP) is 7.35. The van der Waals surface area contributed by atoms with Crippen LogP contribution in [0.25, 0.3) is 0 Å². The summed E-state index contributed by atoms with van der Waals surface area (Å²) in [5, 5.41) is 0. The average Bonchev–Trinajstić information content (AvgIpc) is 2.77. The van der Waals surface area contributed by atoms with Gasteiger partial charge in [-0.25, -0.2) is 4.79 Å². The molecule has 6 heteroatoms. The SMILES string of the molecule is C=CC1CCC(c2ccc(OC(=O)c3ccc(C(CC)OC(F)(F)F)cc3)cc2)CC1. The lowest BCUT2D eigenvalue weighted by Crippen LogP contribution is -2.18. The Labute approximate surface area is 180 Å². The van der Waals surface area contributed by atoms with Gasteiger partial charge in [-0.15, -0.1) is 19.8 Å². The molecule has 0 bridgehead atoms. The third-order valence-electron chi connectivity index (χ3n) is 5.83.